The molecule has 0 fully saturated rings. The summed E-state index contributed by atoms with van der Waals surface area (Å²) in [6.45, 7) is 6.61. The zero-order valence-corrected chi connectivity index (χ0v) is 44.3. The maximum atomic E-state index is 12.7. The highest BCUT2D eigenvalue weighted by Crippen LogP contribution is 2.18. The number of ether oxygens (including phenoxy) is 3. The molecule has 0 N–H and O–H groups in total. The van der Waals surface area contributed by atoms with Crippen LogP contribution in [0.25, 0.3) is 0 Å². The zero-order valence-electron chi connectivity index (χ0n) is 44.3. The summed E-state index contributed by atoms with van der Waals surface area (Å²) in [5.41, 5.74) is 0. The lowest BCUT2D eigenvalue weighted by Gasteiger charge is -2.18. The van der Waals surface area contributed by atoms with E-state index < -0.39 is 6.10 Å². The molecule has 0 saturated carbocycles. The van der Waals surface area contributed by atoms with Crippen molar-refractivity contribution in [2.45, 2.75) is 348 Å². The second-order valence-electron chi connectivity index (χ2n) is 20.3. The molecule has 6 heteroatoms. The van der Waals surface area contributed by atoms with Gasteiger partial charge in [0.05, 0.1) is 0 Å². The molecule has 1 unspecified atom stereocenters. The van der Waals surface area contributed by atoms with E-state index in [0.717, 1.165) is 57.8 Å². The second kappa shape index (κ2) is 55.0. The van der Waals surface area contributed by atoms with Crippen LogP contribution in [0.5, 0.6) is 0 Å². The lowest BCUT2D eigenvalue weighted by molar-refractivity contribution is -0.167. The van der Waals surface area contributed by atoms with E-state index >= 15 is 0 Å². The van der Waals surface area contributed by atoms with Crippen molar-refractivity contribution in [1.82, 2.24) is 0 Å². The van der Waals surface area contributed by atoms with Crippen LogP contribution >= 0.6 is 0 Å². The van der Waals surface area contributed by atoms with E-state index in [1.54, 1.807) is 0 Å². The summed E-state index contributed by atoms with van der Waals surface area (Å²) in [6, 6.07) is 0. The summed E-state index contributed by atoms with van der Waals surface area (Å²) in [5, 5.41) is 0. The summed E-state index contributed by atoms with van der Waals surface area (Å²) >= 11 is 0. The summed E-state index contributed by atoms with van der Waals surface area (Å²) in [7, 11) is 0. The molecule has 0 aromatic rings. The number of carbonyl (C=O) groups excluding carboxylic acids is 3. The molecule has 0 aromatic heterocycles. The summed E-state index contributed by atoms with van der Waals surface area (Å²) in [5.74, 6) is -0.857. The molecule has 1 atom stereocenters. The number of hydrogen-bond donors (Lipinski definition) is 0. The van der Waals surface area contributed by atoms with Crippen molar-refractivity contribution in [1.29, 1.82) is 0 Å². The normalized spacial score (nSPS) is 11.9. The van der Waals surface area contributed by atoms with Gasteiger partial charge < -0.3 is 14.2 Å². The number of unbranched alkanes of at least 4 members (excludes halogenated alkanes) is 44. The topological polar surface area (TPSA) is 78.9 Å². The Kier molecular flexibility index (Phi) is 53.7. The summed E-state index contributed by atoms with van der Waals surface area (Å²) in [6.07, 6.45) is 61.8. The van der Waals surface area contributed by atoms with Crippen molar-refractivity contribution < 1.29 is 28.6 Å². The van der Waals surface area contributed by atoms with Crippen LogP contribution in [0.15, 0.2) is 0 Å². The van der Waals surface area contributed by atoms with E-state index in [0.29, 0.717) is 19.3 Å². The molecule has 0 rings (SSSR count). The quantitative estimate of drug-likeness (QED) is 0.0344. The van der Waals surface area contributed by atoms with E-state index in [-0.39, 0.29) is 31.1 Å². The number of carbonyl (C=O) groups is 3. The molecular weight excluding hydrogens is 805 g/mol. The van der Waals surface area contributed by atoms with E-state index in [1.807, 2.05) is 0 Å². The Morgan fingerprint density at radius 3 is 0.615 bits per heavy atom. The molecule has 0 aliphatic heterocycles. The first-order chi connectivity index (χ1) is 32.0. The minimum atomic E-state index is -0.758. The van der Waals surface area contributed by atoms with Crippen LogP contribution in [0.4, 0.5) is 0 Å². The Morgan fingerprint density at radius 1 is 0.246 bits per heavy atom. The molecule has 386 valence electrons. The predicted molar refractivity (Wildman–Crippen MR) is 280 cm³/mol. The summed E-state index contributed by atoms with van der Waals surface area (Å²) in [4.78, 5) is 37.6. The Bertz CT molecular complexity index is 967. The first-order valence-corrected chi connectivity index (χ1v) is 29.5. The standard InChI is InChI=1S/C59H114O6/c1-4-7-10-13-16-18-19-20-21-22-23-24-25-26-27-28-29-30-31-32-33-34-35-36-37-38-39-40-42-43-46-49-52-58(61)64-55-56(54-63-57(60)51-48-45-15-12-9-6-3)65-59(62)53-50-47-44-41-17-14-11-8-5-2/h56H,4-55H2,1-3H3. The minimum absolute atomic E-state index is 0.0632. The largest absolute Gasteiger partial charge is 0.462 e. The fourth-order valence-corrected chi connectivity index (χ4v) is 9.15. The lowest BCUT2D eigenvalue weighted by atomic mass is 10.0. The predicted octanol–water partition coefficient (Wildman–Crippen LogP) is 19.5. The van der Waals surface area contributed by atoms with Gasteiger partial charge in [-0.15, -0.1) is 0 Å². The smallest absolute Gasteiger partial charge is 0.306 e. The average Bonchev–Trinajstić information content (AvgIpc) is 3.30. The van der Waals surface area contributed by atoms with Crippen LogP contribution in [0.3, 0.4) is 0 Å². The van der Waals surface area contributed by atoms with Gasteiger partial charge in [0.2, 0.25) is 0 Å². The Hall–Kier alpha value is -1.59. The van der Waals surface area contributed by atoms with Crippen molar-refractivity contribution in [3.05, 3.63) is 0 Å². The van der Waals surface area contributed by atoms with Gasteiger partial charge in [0, 0.05) is 19.3 Å². The van der Waals surface area contributed by atoms with Crippen LogP contribution in [0, 0.1) is 0 Å². The van der Waals surface area contributed by atoms with Crippen LogP contribution in [-0.2, 0) is 28.6 Å². The van der Waals surface area contributed by atoms with Gasteiger partial charge in [-0.3, -0.25) is 14.4 Å². The van der Waals surface area contributed by atoms with Gasteiger partial charge in [-0.25, -0.2) is 0 Å². The third-order valence-corrected chi connectivity index (χ3v) is 13.6. The Labute approximate surface area is 406 Å². The molecule has 0 aromatic carbocycles. The molecule has 0 aliphatic carbocycles. The molecule has 0 amide bonds. The van der Waals surface area contributed by atoms with E-state index in [1.165, 1.54) is 244 Å². The Morgan fingerprint density at radius 2 is 0.415 bits per heavy atom. The third-order valence-electron chi connectivity index (χ3n) is 13.6. The maximum Gasteiger partial charge on any atom is 0.306 e. The highest BCUT2D eigenvalue weighted by Gasteiger charge is 2.19. The number of esters is 3. The van der Waals surface area contributed by atoms with Gasteiger partial charge in [0.15, 0.2) is 6.10 Å². The van der Waals surface area contributed by atoms with Crippen LogP contribution in [0.1, 0.15) is 342 Å². The van der Waals surface area contributed by atoms with Crippen molar-refractivity contribution in [3.63, 3.8) is 0 Å². The molecule has 0 aliphatic rings. The molecule has 0 spiro atoms. The fourth-order valence-electron chi connectivity index (χ4n) is 9.15. The minimum Gasteiger partial charge on any atom is -0.462 e. The van der Waals surface area contributed by atoms with Gasteiger partial charge in [-0.05, 0) is 19.3 Å². The number of rotatable bonds is 55. The van der Waals surface area contributed by atoms with Crippen molar-refractivity contribution in [2.24, 2.45) is 0 Å². The van der Waals surface area contributed by atoms with Gasteiger partial charge in [0.1, 0.15) is 13.2 Å². The fraction of sp³-hybridized carbons (Fsp3) is 0.949. The van der Waals surface area contributed by atoms with Crippen molar-refractivity contribution in [2.75, 3.05) is 13.2 Å². The van der Waals surface area contributed by atoms with Crippen LogP contribution in [-0.4, -0.2) is 37.2 Å². The van der Waals surface area contributed by atoms with Gasteiger partial charge in [-0.2, -0.15) is 0 Å². The van der Waals surface area contributed by atoms with E-state index in [4.69, 9.17) is 14.2 Å². The second-order valence-corrected chi connectivity index (χ2v) is 20.3. The van der Waals surface area contributed by atoms with Gasteiger partial charge >= 0.3 is 17.9 Å². The molecule has 0 radical (unpaired) electrons. The SMILES string of the molecule is CCCCCCCCCCCCCCCCCCCCCCCCCCCCCCCCCCC(=O)OCC(COC(=O)CCCCCCCC)OC(=O)CCCCCCCCCCC. The molecule has 0 saturated heterocycles. The van der Waals surface area contributed by atoms with Crippen LogP contribution < -0.4 is 0 Å². The molecular formula is C59H114O6. The number of hydrogen-bond acceptors (Lipinski definition) is 6. The van der Waals surface area contributed by atoms with Gasteiger partial charge in [-0.1, -0.05) is 303 Å². The van der Waals surface area contributed by atoms with Crippen molar-refractivity contribution in [3.8, 4) is 0 Å². The monoisotopic (exact) mass is 919 g/mol. The van der Waals surface area contributed by atoms with Gasteiger partial charge in [0.25, 0.3) is 0 Å². The third kappa shape index (κ3) is 53.2. The molecule has 6 nitrogen and oxygen atoms in total. The maximum absolute atomic E-state index is 12.7. The van der Waals surface area contributed by atoms with E-state index in [2.05, 4.69) is 20.8 Å². The Balaban J connectivity index is 3.79. The van der Waals surface area contributed by atoms with Crippen molar-refractivity contribution >= 4 is 17.9 Å². The molecule has 0 bridgehead atoms. The zero-order chi connectivity index (χ0) is 47.2. The highest BCUT2D eigenvalue weighted by molar-refractivity contribution is 5.71. The first-order valence-electron chi connectivity index (χ1n) is 29.5. The average molecular weight is 920 g/mol. The van der Waals surface area contributed by atoms with E-state index in [9.17, 15) is 14.4 Å². The highest BCUT2D eigenvalue weighted by atomic mass is 16.6. The first kappa shape index (κ1) is 63.4. The summed E-state index contributed by atoms with van der Waals surface area (Å²) < 4.78 is 16.7. The molecule has 65 heavy (non-hydrogen) atoms. The molecule has 0 heterocycles. The lowest BCUT2D eigenvalue weighted by Crippen LogP contribution is -2.30. The van der Waals surface area contributed by atoms with Crippen LogP contribution in [0.2, 0.25) is 0 Å².